The third kappa shape index (κ3) is 3.19. The van der Waals surface area contributed by atoms with Gasteiger partial charge in [0.05, 0.1) is 26.0 Å². The number of aromatic nitrogens is 4. The Morgan fingerprint density at radius 1 is 1.41 bits per heavy atom. The van der Waals surface area contributed by atoms with Crippen molar-refractivity contribution in [1.29, 1.82) is 0 Å². The second-order valence-corrected chi connectivity index (χ2v) is 5.41. The average Bonchev–Trinajstić information content (AvgIpc) is 3.04. The fourth-order valence-corrected chi connectivity index (χ4v) is 2.82. The van der Waals surface area contributed by atoms with Crippen LogP contribution in [0.4, 0.5) is 5.95 Å². The van der Waals surface area contributed by atoms with E-state index in [0.717, 1.165) is 31.6 Å². The topological polar surface area (TPSA) is 76.3 Å². The quantitative estimate of drug-likeness (QED) is 0.890. The first-order chi connectivity index (χ1) is 10.8. The Morgan fingerprint density at radius 2 is 2.32 bits per heavy atom. The van der Waals surface area contributed by atoms with Crippen molar-refractivity contribution in [3.8, 4) is 5.88 Å². The molecule has 2 aromatic rings. The van der Waals surface area contributed by atoms with Gasteiger partial charge in [-0.25, -0.2) is 4.98 Å². The van der Waals surface area contributed by atoms with Gasteiger partial charge in [0.1, 0.15) is 0 Å². The number of piperidine rings is 1. The molecule has 7 nitrogen and oxygen atoms in total. The van der Waals surface area contributed by atoms with Gasteiger partial charge in [0, 0.05) is 37.5 Å². The molecule has 1 N–H and O–H groups in total. The molecule has 3 heterocycles. The molecule has 0 bridgehead atoms. The van der Waals surface area contributed by atoms with Crippen molar-refractivity contribution >= 4 is 5.95 Å². The van der Waals surface area contributed by atoms with E-state index in [1.165, 1.54) is 0 Å². The van der Waals surface area contributed by atoms with Gasteiger partial charge in [0.2, 0.25) is 11.8 Å². The SMILES string of the molecule is COc1ccnc(N2CCC[C@H](c3ccn(CCO)n3)C2)n1. The van der Waals surface area contributed by atoms with Crippen LogP contribution < -0.4 is 9.64 Å². The van der Waals surface area contributed by atoms with Crippen LogP contribution in [0.5, 0.6) is 5.88 Å². The molecular weight excluding hydrogens is 282 g/mol. The highest BCUT2D eigenvalue weighted by atomic mass is 16.5. The van der Waals surface area contributed by atoms with Gasteiger partial charge in [-0.3, -0.25) is 4.68 Å². The lowest BCUT2D eigenvalue weighted by atomic mass is 9.95. The molecule has 1 fully saturated rings. The maximum absolute atomic E-state index is 8.98. The van der Waals surface area contributed by atoms with Crippen LogP contribution in [0.25, 0.3) is 0 Å². The highest BCUT2D eigenvalue weighted by molar-refractivity contribution is 5.34. The van der Waals surface area contributed by atoms with Gasteiger partial charge in [-0.1, -0.05) is 0 Å². The first-order valence-electron chi connectivity index (χ1n) is 7.56. The summed E-state index contributed by atoms with van der Waals surface area (Å²) < 4.78 is 6.96. The van der Waals surface area contributed by atoms with Gasteiger partial charge in [0.15, 0.2) is 0 Å². The summed E-state index contributed by atoms with van der Waals surface area (Å²) >= 11 is 0. The predicted molar refractivity (Wildman–Crippen MR) is 82.1 cm³/mol. The number of methoxy groups -OCH3 is 1. The molecule has 22 heavy (non-hydrogen) atoms. The van der Waals surface area contributed by atoms with Crippen molar-refractivity contribution in [2.75, 3.05) is 31.7 Å². The van der Waals surface area contributed by atoms with Crippen LogP contribution in [0.3, 0.4) is 0 Å². The minimum atomic E-state index is 0.107. The first kappa shape index (κ1) is 14.8. The summed E-state index contributed by atoms with van der Waals surface area (Å²) in [6, 6.07) is 3.79. The second-order valence-electron chi connectivity index (χ2n) is 5.41. The van der Waals surface area contributed by atoms with Crippen LogP contribution >= 0.6 is 0 Å². The Kier molecular flexibility index (Phi) is 4.53. The maximum Gasteiger partial charge on any atom is 0.228 e. The number of ether oxygens (including phenoxy) is 1. The monoisotopic (exact) mass is 303 g/mol. The molecule has 3 rings (SSSR count). The minimum absolute atomic E-state index is 0.107. The van der Waals surface area contributed by atoms with E-state index in [1.807, 2.05) is 12.3 Å². The van der Waals surface area contributed by atoms with E-state index in [2.05, 4.69) is 20.0 Å². The van der Waals surface area contributed by atoms with E-state index in [1.54, 1.807) is 24.1 Å². The predicted octanol–water partition coefficient (Wildman–Crippen LogP) is 1.06. The number of anilines is 1. The third-order valence-corrected chi connectivity index (χ3v) is 3.94. The maximum atomic E-state index is 8.98. The van der Waals surface area contributed by atoms with Crippen molar-refractivity contribution in [2.45, 2.75) is 25.3 Å². The Labute approximate surface area is 129 Å². The molecule has 1 aliphatic heterocycles. The molecule has 1 atom stereocenters. The summed E-state index contributed by atoms with van der Waals surface area (Å²) in [4.78, 5) is 10.9. The van der Waals surface area contributed by atoms with Crippen molar-refractivity contribution < 1.29 is 9.84 Å². The first-order valence-corrected chi connectivity index (χ1v) is 7.56. The number of nitrogens with zero attached hydrogens (tertiary/aromatic N) is 5. The standard InChI is InChI=1S/C15H21N5O2/c1-22-14-4-6-16-15(17-14)19-7-2-3-12(11-19)13-5-8-20(18-13)9-10-21/h4-6,8,12,21H,2-3,7,9-11H2,1H3/t12-/m0/s1. The Balaban J connectivity index is 1.72. The second kappa shape index (κ2) is 6.74. The lowest BCUT2D eigenvalue weighted by Crippen LogP contribution is -2.35. The fourth-order valence-electron chi connectivity index (χ4n) is 2.82. The summed E-state index contributed by atoms with van der Waals surface area (Å²) in [6.07, 6.45) is 5.84. The molecule has 0 unspecified atom stereocenters. The minimum Gasteiger partial charge on any atom is -0.481 e. The molecule has 0 radical (unpaired) electrons. The molecule has 7 heteroatoms. The van der Waals surface area contributed by atoms with Crippen molar-refractivity contribution in [3.63, 3.8) is 0 Å². The van der Waals surface area contributed by atoms with Gasteiger partial charge in [0.25, 0.3) is 0 Å². The van der Waals surface area contributed by atoms with Crippen molar-refractivity contribution in [3.05, 3.63) is 30.2 Å². The molecule has 2 aromatic heterocycles. The molecule has 118 valence electrons. The smallest absolute Gasteiger partial charge is 0.228 e. The molecular formula is C15H21N5O2. The Hall–Kier alpha value is -2.15. The number of rotatable bonds is 5. The average molecular weight is 303 g/mol. The summed E-state index contributed by atoms with van der Waals surface area (Å²) in [7, 11) is 1.61. The molecule has 0 aromatic carbocycles. The van der Waals surface area contributed by atoms with Crippen molar-refractivity contribution in [1.82, 2.24) is 19.7 Å². The highest BCUT2D eigenvalue weighted by Gasteiger charge is 2.24. The zero-order chi connectivity index (χ0) is 15.4. The van der Waals surface area contributed by atoms with Crippen molar-refractivity contribution in [2.24, 2.45) is 0 Å². The van der Waals surface area contributed by atoms with E-state index in [0.29, 0.717) is 24.3 Å². The lowest BCUT2D eigenvalue weighted by molar-refractivity contribution is 0.268. The van der Waals surface area contributed by atoms with Crippen LogP contribution in [0.2, 0.25) is 0 Å². The zero-order valence-corrected chi connectivity index (χ0v) is 12.7. The van der Waals surface area contributed by atoms with Gasteiger partial charge >= 0.3 is 0 Å². The third-order valence-electron chi connectivity index (χ3n) is 3.94. The van der Waals surface area contributed by atoms with Gasteiger partial charge in [-0.2, -0.15) is 10.1 Å². The normalized spacial score (nSPS) is 18.5. The number of aliphatic hydroxyl groups is 1. The largest absolute Gasteiger partial charge is 0.481 e. The van der Waals surface area contributed by atoms with Gasteiger partial charge in [-0.05, 0) is 18.9 Å². The van der Waals surface area contributed by atoms with E-state index < -0.39 is 0 Å². The highest BCUT2D eigenvalue weighted by Crippen LogP contribution is 2.28. The van der Waals surface area contributed by atoms with Gasteiger partial charge < -0.3 is 14.7 Å². The Bertz CT molecular complexity index is 615. The van der Waals surface area contributed by atoms with Crippen LogP contribution in [0.1, 0.15) is 24.5 Å². The molecule has 0 amide bonds. The summed E-state index contributed by atoms with van der Waals surface area (Å²) in [5, 5.41) is 13.5. The van der Waals surface area contributed by atoms with Crippen LogP contribution in [-0.4, -0.2) is 51.7 Å². The van der Waals surface area contributed by atoms with E-state index in [-0.39, 0.29) is 6.61 Å². The van der Waals surface area contributed by atoms with Gasteiger partial charge in [-0.15, -0.1) is 0 Å². The number of aliphatic hydroxyl groups excluding tert-OH is 1. The van der Waals surface area contributed by atoms with Crippen LogP contribution in [-0.2, 0) is 6.54 Å². The van der Waals surface area contributed by atoms with E-state index in [4.69, 9.17) is 9.84 Å². The summed E-state index contributed by atoms with van der Waals surface area (Å²) in [6.45, 7) is 2.44. The molecule has 0 spiro atoms. The molecule has 1 saturated heterocycles. The Morgan fingerprint density at radius 3 is 3.14 bits per heavy atom. The molecule has 0 saturated carbocycles. The lowest BCUT2D eigenvalue weighted by Gasteiger charge is -2.32. The number of hydrogen-bond donors (Lipinski definition) is 1. The summed E-state index contributed by atoms with van der Waals surface area (Å²) in [5.41, 5.74) is 1.07. The zero-order valence-electron chi connectivity index (χ0n) is 12.7. The summed E-state index contributed by atoms with van der Waals surface area (Å²) in [5.74, 6) is 1.65. The van der Waals surface area contributed by atoms with E-state index in [9.17, 15) is 0 Å². The van der Waals surface area contributed by atoms with E-state index >= 15 is 0 Å². The fraction of sp³-hybridized carbons (Fsp3) is 0.533. The molecule has 1 aliphatic rings. The number of hydrogen-bond acceptors (Lipinski definition) is 6. The van der Waals surface area contributed by atoms with Crippen LogP contribution in [0, 0.1) is 0 Å². The van der Waals surface area contributed by atoms with Crippen LogP contribution in [0.15, 0.2) is 24.5 Å². The molecule has 0 aliphatic carbocycles.